The van der Waals surface area contributed by atoms with E-state index in [0.717, 1.165) is 25.0 Å². The zero-order valence-corrected chi connectivity index (χ0v) is 24.6. The molecule has 0 radical (unpaired) electrons. The number of rotatable bonds is 9. The van der Waals surface area contributed by atoms with Crippen LogP contribution in [0.3, 0.4) is 0 Å². The van der Waals surface area contributed by atoms with Crippen LogP contribution in [0.1, 0.15) is 43.0 Å². The lowest BCUT2D eigenvalue weighted by Gasteiger charge is -2.32. The Morgan fingerprint density at radius 2 is 1.95 bits per heavy atom. The van der Waals surface area contributed by atoms with E-state index in [4.69, 9.17) is 27.2 Å². The van der Waals surface area contributed by atoms with Crippen LogP contribution in [-0.4, -0.2) is 68.9 Å². The minimum atomic E-state index is -4.61. The van der Waals surface area contributed by atoms with E-state index in [0.29, 0.717) is 37.4 Å². The van der Waals surface area contributed by atoms with Gasteiger partial charge in [-0.1, -0.05) is 22.9 Å². The molecular formula is C27H30ClF4N7O3S. The monoisotopic (exact) mass is 643 g/mol. The van der Waals surface area contributed by atoms with Crippen molar-refractivity contribution in [2.75, 3.05) is 29.9 Å². The maximum atomic E-state index is 15.7. The Balaban J connectivity index is 1.42. The van der Waals surface area contributed by atoms with E-state index in [-0.39, 0.29) is 51.4 Å². The Morgan fingerprint density at radius 3 is 2.60 bits per heavy atom. The molecule has 2 fully saturated rings. The van der Waals surface area contributed by atoms with Gasteiger partial charge in [-0.2, -0.15) is 17.6 Å². The molecule has 2 aliphatic rings. The fraction of sp³-hybridized carbons (Fsp3) is 0.481. The quantitative estimate of drug-likeness (QED) is 0.257. The Bertz CT molecular complexity index is 1460. The molecule has 0 unspecified atom stereocenters. The third kappa shape index (κ3) is 7.34. The number of hydrogen-bond donors (Lipinski definition) is 3. The van der Waals surface area contributed by atoms with Crippen LogP contribution in [0.2, 0.25) is 5.02 Å². The summed E-state index contributed by atoms with van der Waals surface area (Å²) in [4.78, 5) is 27.9. The van der Waals surface area contributed by atoms with Crippen LogP contribution in [0.15, 0.2) is 24.5 Å². The summed E-state index contributed by atoms with van der Waals surface area (Å²) in [5.41, 5.74) is 5.86. The van der Waals surface area contributed by atoms with Crippen molar-refractivity contribution in [3.05, 3.63) is 45.8 Å². The molecule has 1 aromatic carbocycles. The number of halogens is 5. The maximum absolute atomic E-state index is 15.7. The number of thiazole rings is 1. The van der Waals surface area contributed by atoms with Crippen molar-refractivity contribution in [1.82, 2.24) is 19.9 Å². The molecule has 0 bridgehead atoms. The number of nitrogens with two attached hydrogens (primary N) is 1. The summed E-state index contributed by atoms with van der Waals surface area (Å²) in [7, 11) is 0. The van der Waals surface area contributed by atoms with Crippen LogP contribution >= 0.6 is 22.9 Å². The molecular weight excluding hydrogens is 614 g/mol. The normalized spacial score (nSPS) is 20.1. The highest BCUT2D eigenvalue weighted by Gasteiger charge is 2.33. The number of aliphatic carboxylic acids is 1. The topological polar surface area (TPSA) is 130 Å². The minimum absolute atomic E-state index is 0.0627. The SMILES string of the molecule is C[C@@H]1CC[C@@H](N)N1Cc1sc(Nc2ncnc(N3CCC(OCC(=O)O)CC3)c2F)nc1-c1cc(Cl)cc(C(F)(F)F)c1. The fourth-order valence-electron chi connectivity index (χ4n) is 5.33. The van der Waals surface area contributed by atoms with Gasteiger partial charge in [0.2, 0.25) is 5.82 Å². The first-order valence-corrected chi connectivity index (χ1v) is 14.8. The van der Waals surface area contributed by atoms with Gasteiger partial charge in [0.1, 0.15) is 12.9 Å². The number of hydrogen-bond acceptors (Lipinski definition) is 10. The van der Waals surface area contributed by atoms with Gasteiger partial charge >= 0.3 is 12.1 Å². The lowest BCUT2D eigenvalue weighted by atomic mass is 10.1. The van der Waals surface area contributed by atoms with Gasteiger partial charge in [0.25, 0.3) is 0 Å². The molecule has 4 N–H and O–H groups in total. The van der Waals surface area contributed by atoms with Gasteiger partial charge in [-0.25, -0.2) is 19.7 Å². The Morgan fingerprint density at radius 1 is 1.21 bits per heavy atom. The van der Waals surface area contributed by atoms with Crippen LogP contribution in [0.4, 0.5) is 34.3 Å². The lowest BCUT2D eigenvalue weighted by Crippen LogP contribution is -2.39. The van der Waals surface area contributed by atoms with Crippen LogP contribution < -0.4 is 16.0 Å². The van der Waals surface area contributed by atoms with E-state index in [1.54, 1.807) is 4.90 Å². The first-order chi connectivity index (χ1) is 20.4. The van der Waals surface area contributed by atoms with E-state index >= 15 is 4.39 Å². The highest BCUT2D eigenvalue weighted by atomic mass is 35.5. The van der Waals surface area contributed by atoms with Crippen molar-refractivity contribution >= 4 is 45.7 Å². The molecule has 0 amide bonds. The molecule has 232 valence electrons. The number of carboxylic acid groups (broad SMARTS) is 1. The molecule has 5 rings (SSSR count). The number of aromatic nitrogens is 3. The molecule has 2 atom stereocenters. The van der Waals surface area contributed by atoms with Crippen molar-refractivity contribution in [2.45, 2.75) is 63.6 Å². The summed E-state index contributed by atoms with van der Waals surface area (Å²) < 4.78 is 61.8. The molecule has 2 saturated heterocycles. The van der Waals surface area contributed by atoms with Crippen molar-refractivity contribution in [3.8, 4) is 11.3 Å². The average Bonchev–Trinajstić information content (AvgIpc) is 3.50. The summed E-state index contributed by atoms with van der Waals surface area (Å²) in [6, 6.07) is 3.43. The zero-order chi connectivity index (χ0) is 30.9. The van der Waals surface area contributed by atoms with E-state index in [1.165, 1.54) is 23.7 Å². The predicted octanol–water partition coefficient (Wildman–Crippen LogP) is 5.49. The standard InChI is InChI=1S/C27H30ClF4N7O3S/c1-14-2-3-20(33)39(14)11-19-23(15-8-16(27(30,31)32)10-17(28)9-15)36-26(43-19)37-24-22(29)25(35-13-34-24)38-6-4-18(5-7-38)42-12-21(40)41/h8-10,13-14,18,20H,2-7,11-12,33H2,1H3,(H,40,41)(H,34,35,36,37)/t14-,20+/m1/s1. The number of ether oxygens (including phenoxy) is 1. The van der Waals surface area contributed by atoms with Gasteiger partial charge in [0, 0.05) is 41.1 Å². The van der Waals surface area contributed by atoms with Gasteiger partial charge in [-0.05, 0) is 50.8 Å². The van der Waals surface area contributed by atoms with Gasteiger partial charge in [0.05, 0.1) is 23.5 Å². The molecule has 2 aromatic heterocycles. The molecule has 4 heterocycles. The van der Waals surface area contributed by atoms with Crippen LogP contribution in [0.25, 0.3) is 11.3 Å². The minimum Gasteiger partial charge on any atom is -0.480 e. The molecule has 0 aliphatic carbocycles. The maximum Gasteiger partial charge on any atom is 0.416 e. The van der Waals surface area contributed by atoms with E-state index in [2.05, 4.69) is 25.2 Å². The van der Waals surface area contributed by atoms with Gasteiger partial charge in [0.15, 0.2) is 16.8 Å². The average molecular weight is 644 g/mol. The second-order valence-electron chi connectivity index (χ2n) is 10.6. The number of benzene rings is 1. The summed E-state index contributed by atoms with van der Waals surface area (Å²) in [5.74, 6) is -1.85. The molecule has 3 aromatic rings. The van der Waals surface area contributed by atoms with Gasteiger partial charge < -0.3 is 25.8 Å². The summed E-state index contributed by atoms with van der Waals surface area (Å²) in [5, 5.41) is 11.8. The Labute approximate surface area is 253 Å². The highest BCUT2D eigenvalue weighted by molar-refractivity contribution is 7.16. The summed E-state index contributed by atoms with van der Waals surface area (Å²) in [6.45, 7) is 2.77. The first kappa shape index (κ1) is 31.3. The second-order valence-corrected chi connectivity index (χ2v) is 12.1. The molecule has 2 aliphatic heterocycles. The number of alkyl halides is 3. The lowest BCUT2D eigenvalue weighted by molar-refractivity contribution is -0.144. The molecule has 0 saturated carbocycles. The summed E-state index contributed by atoms with van der Waals surface area (Å²) >= 11 is 7.26. The smallest absolute Gasteiger partial charge is 0.416 e. The second kappa shape index (κ2) is 12.9. The van der Waals surface area contributed by atoms with Crippen molar-refractivity contribution < 1.29 is 32.2 Å². The molecule has 43 heavy (non-hydrogen) atoms. The van der Waals surface area contributed by atoms with Crippen LogP contribution in [0.5, 0.6) is 0 Å². The third-order valence-corrected chi connectivity index (χ3v) is 8.75. The largest absolute Gasteiger partial charge is 0.480 e. The van der Waals surface area contributed by atoms with Crippen LogP contribution in [-0.2, 0) is 22.3 Å². The van der Waals surface area contributed by atoms with Crippen molar-refractivity contribution in [1.29, 1.82) is 0 Å². The van der Waals surface area contributed by atoms with E-state index in [1.807, 2.05) is 6.92 Å². The number of anilines is 3. The molecule has 10 nitrogen and oxygen atoms in total. The molecule has 0 spiro atoms. The third-order valence-electron chi connectivity index (χ3n) is 7.57. The zero-order valence-electron chi connectivity index (χ0n) is 23.1. The number of nitrogens with one attached hydrogen (secondary N) is 1. The van der Waals surface area contributed by atoms with Gasteiger partial charge in [-0.3, -0.25) is 4.90 Å². The van der Waals surface area contributed by atoms with E-state index in [9.17, 15) is 18.0 Å². The van der Waals surface area contributed by atoms with Gasteiger partial charge in [-0.15, -0.1) is 0 Å². The number of carbonyl (C=O) groups is 1. The first-order valence-electron chi connectivity index (χ1n) is 13.6. The van der Waals surface area contributed by atoms with Crippen LogP contribution in [0, 0.1) is 5.82 Å². The predicted molar refractivity (Wildman–Crippen MR) is 154 cm³/mol. The van der Waals surface area contributed by atoms with Crippen molar-refractivity contribution in [3.63, 3.8) is 0 Å². The van der Waals surface area contributed by atoms with Crippen molar-refractivity contribution in [2.24, 2.45) is 5.73 Å². The number of piperidine rings is 1. The van der Waals surface area contributed by atoms with E-state index < -0.39 is 30.1 Å². The molecule has 16 heteroatoms. The number of likely N-dealkylation sites (tertiary alicyclic amines) is 1. The number of nitrogens with zero attached hydrogens (tertiary/aromatic N) is 5. The fourth-order valence-corrected chi connectivity index (χ4v) is 6.56. The summed E-state index contributed by atoms with van der Waals surface area (Å²) in [6.07, 6.45) is -1.21. The number of carboxylic acids is 1. The Hall–Kier alpha value is -3.11. The highest BCUT2D eigenvalue weighted by Crippen LogP contribution is 2.40. The Kier molecular flexibility index (Phi) is 9.37.